The molecule has 22 heavy (non-hydrogen) atoms. The minimum absolute atomic E-state index is 0.0640. The van der Waals surface area contributed by atoms with E-state index >= 15 is 0 Å². The average Bonchev–Trinajstić information content (AvgIpc) is 2.47. The molecule has 0 unspecified atom stereocenters. The first-order chi connectivity index (χ1) is 10.4. The van der Waals surface area contributed by atoms with Gasteiger partial charge in [0.05, 0.1) is 11.3 Å². The van der Waals surface area contributed by atoms with Crippen molar-refractivity contribution in [3.63, 3.8) is 0 Å². The van der Waals surface area contributed by atoms with E-state index in [2.05, 4.69) is 5.32 Å². The number of para-hydroxylation sites is 1. The molecule has 3 nitrogen and oxygen atoms in total. The number of benzene rings is 2. The van der Waals surface area contributed by atoms with Crippen LogP contribution in [0.5, 0.6) is 5.75 Å². The third-order valence-electron chi connectivity index (χ3n) is 2.67. The van der Waals surface area contributed by atoms with Crippen molar-refractivity contribution in [1.82, 2.24) is 0 Å². The maximum Gasteiger partial charge on any atom is 0.418 e. The van der Waals surface area contributed by atoms with Crippen LogP contribution in [0.2, 0.25) is 5.02 Å². The van der Waals surface area contributed by atoms with Crippen LogP contribution in [0.4, 0.5) is 18.9 Å². The van der Waals surface area contributed by atoms with Gasteiger partial charge in [-0.25, -0.2) is 0 Å². The van der Waals surface area contributed by atoms with Gasteiger partial charge in [0.2, 0.25) is 0 Å². The lowest BCUT2D eigenvalue weighted by molar-refractivity contribution is -0.137. The van der Waals surface area contributed by atoms with Gasteiger partial charge in [-0.15, -0.1) is 0 Å². The molecule has 0 bridgehead atoms. The van der Waals surface area contributed by atoms with Gasteiger partial charge >= 0.3 is 6.18 Å². The Morgan fingerprint density at radius 2 is 1.82 bits per heavy atom. The second-order valence-corrected chi connectivity index (χ2v) is 4.77. The van der Waals surface area contributed by atoms with E-state index in [1.807, 2.05) is 0 Å². The minimum Gasteiger partial charge on any atom is -0.484 e. The molecule has 0 heterocycles. The Labute approximate surface area is 129 Å². The molecule has 0 fully saturated rings. The van der Waals surface area contributed by atoms with Crippen LogP contribution in [0.15, 0.2) is 48.5 Å². The molecule has 0 spiro atoms. The van der Waals surface area contributed by atoms with E-state index in [1.165, 1.54) is 6.07 Å². The van der Waals surface area contributed by atoms with Crippen molar-refractivity contribution in [3.8, 4) is 5.75 Å². The zero-order valence-corrected chi connectivity index (χ0v) is 11.9. The molecule has 0 saturated heterocycles. The summed E-state index contributed by atoms with van der Waals surface area (Å²) in [6, 6.07) is 11.6. The molecule has 0 aliphatic carbocycles. The van der Waals surface area contributed by atoms with Crippen molar-refractivity contribution < 1.29 is 22.7 Å². The van der Waals surface area contributed by atoms with Gasteiger partial charge in [-0.3, -0.25) is 4.79 Å². The molecule has 0 aliphatic rings. The lowest BCUT2D eigenvalue weighted by atomic mass is 10.1. The number of amides is 1. The van der Waals surface area contributed by atoms with E-state index in [4.69, 9.17) is 16.3 Å². The fraction of sp³-hybridized carbons (Fsp3) is 0.133. The van der Waals surface area contributed by atoms with Crippen LogP contribution in [0, 0.1) is 0 Å². The highest BCUT2D eigenvalue weighted by molar-refractivity contribution is 6.30. The summed E-state index contributed by atoms with van der Waals surface area (Å²) in [6.45, 7) is -0.399. The Balaban J connectivity index is 2.06. The number of rotatable bonds is 4. The van der Waals surface area contributed by atoms with Crippen molar-refractivity contribution >= 4 is 23.2 Å². The van der Waals surface area contributed by atoms with Crippen LogP contribution in [0.3, 0.4) is 0 Å². The standard InChI is InChI=1S/C15H11ClF3NO2/c16-10-6-7-13(12(8-10)15(17,18)19)20-14(21)9-22-11-4-2-1-3-5-11/h1-8H,9H2,(H,20,21). The number of ether oxygens (including phenoxy) is 1. The zero-order valence-electron chi connectivity index (χ0n) is 11.2. The Morgan fingerprint density at radius 1 is 1.14 bits per heavy atom. The molecule has 0 aromatic heterocycles. The number of halogens is 4. The van der Waals surface area contributed by atoms with Crippen LogP contribution in [-0.2, 0) is 11.0 Å². The second-order valence-electron chi connectivity index (χ2n) is 4.34. The SMILES string of the molecule is O=C(COc1ccccc1)Nc1ccc(Cl)cc1C(F)(F)F. The van der Waals surface area contributed by atoms with Crippen molar-refractivity contribution in [2.45, 2.75) is 6.18 Å². The topological polar surface area (TPSA) is 38.3 Å². The van der Waals surface area contributed by atoms with Gasteiger partial charge in [-0.2, -0.15) is 13.2 Å². The molecule has 2 aromatic rings. The summed E-state index contributed by atoms with van der Waals surface area (Å²) in [7, 11) is 0. The van der Waals surface area contributed by atoms with Gasteiger partial charge < -0.3 is 10.1 Å². The summed E-state index contributed by atoms with van der Waals surface area (Å²) in [5.74, 6) is -0.249. The maximum absolute atomic E-state index is 12.9. The zero-order chi connectivity index (χ0) is 16.2. The molecule has 116 valence electrons. The largest absolute Gasteiger partial charge is 0.484 e. The predicted molar refractivity (Wildman–Crippen MR) is 77.0 cm³/mol. The summed E-state index contributed by atoms with van der Waals surface area (Å²) in [4.78, 5) is 11.7. The maximum atomic E-state index is 12.9. The second kappa shape index (κ2) is 6.70. The molecule has 2 aromatic carbocycles. The Bertz CT molecular complexity index is 660. The molecular formula is C15H11ClF3NO2. The summed E-state index contributed by atoms with van der Waals surface area (Å²) in [5, 5.41) is 2.11. The van der Waals surface area contributed by atoms with Crippen LogP contribution in [-0.4, -0.2) is 12.5 Å². The Kier molecular flexibility index (Phi) is 4.92. The number of anilines is 1. The number of alkyl halides is 3. The summed E-state index contributed by atoms with van der Waals surface area (Å²) < 4.78 is 43.8. The van der Waals surface area contributed by atoms with Gasteiger partial charge in [-0.1, -0.05) is 29.8 Å². The lowest BCUT2D eigenvalue weighted by Crippen LogP contribution is -2.22. The molecule has 0 saturated carbocycles. The van der Waals surface area contributed by atoms with E-state index < -0.39 is 24.3 Å². The summed E-state index contributed by atoms with van der Waals surface area (Å²) >= 11 is 5.56. The van der Waals surface area contributed by atoms with E-state index in [9.17, 15) is 18.0 Å². The number of nitrogens with one attached hydrogen (secondary N) is 1. The van der Waals surface area contributed by atoms with Crippen molar-refractivity contribution in [2.24, 2.45) is 0 Å². The van der Waals surface area contributed by atoms with Gasteiger partial charge in [0.15, 0.2) is 6.61 Å². The van der Waals surface area contributed by atoms with Crippen molar-refractivity contribution in [1.29, 1.82) is 0 Å². The van der Waals surface area contributed by atoms with Gasteiger partial charge in [0.25, 0.3) is 5.91 Å². The minimum atomic E-state index is -4.62. The van der Waals surface area contributed by atoms with Gasteiger partial charge in [0, 0.05) is 5.02 Å². The fourth-order valence-corrected chi connectivity index (χ4v) is 1.88. The first-order valence-corrected chi connectivity index (χ1v) is 6.58. The van der Waals surface area contributed by atoms with Gasteiger partial charge in [0.1, 0.15) is 5.75 Å². The Morgan fingerprint density at radius 3 is 2.45 bits per heavy atom. The number of hydrogen-bond donors (Lipinski definition) is 1. The highest BCUT2D eigenvalue weighted by Crippen LogP contribution is 2.36. The lowest BCUT2D eigenvalue weighted by Gasteiger charge is -2.14. The molecule has 2 rings (SSSR count). The van der Waals surface area contributed by atoms with E-state index in [-0.39, 0.29) is 10.7 Å². The van der Waals surface area contributed by atoms with E-state index in [0.717, 1.165) is 12.1 Å². The number of carbonyl (C=O) groups excluding carboxylic acids is 1. The number of carbonyl (C=O) groups is 1. The van der Waals surface area contributed by atoms with Crippen LogP contribution in [0.25, 0.3) is 0 Å². The summed E-state index contributed by atoms with van der Waals surface area (Å²) in [5.41, 5.74) is -1.37. The first-order valence-electron chi connectivity index (χ1n) is 6.21. The van der Waals surface area contributed by atoms with Crippen LogP contribution < -0.4 is 10.1 Å². The first kappa shape index (κ1) is 16.2. The summed E-state index contributed by atoms with van der Waals surface area (Å²) in [6.07, 6.45) is -4.62. The molecular weight excluding hydrogens is 319 g/mol. The highest BCUT2D eigenvalue weighted by atomic mass is 35.5. The average molecular weight is 330 g/mol. The molecule has 0 radical (unpaired) electrons. The number of hydrogen-bond acceptors (Lipinski definition) is 2. The normalized spacial score (nSPS) is 11.1. The smallest absolute Gasteiger partial charge is 0.418 e. The van der Waals surface area contributed by atoms with Crippen LogP contribution in [0.1, 0.15) is 5.56 Å². The third-order valence-corrected chi connectivity index (χ3v) is 2.91. The van der Waals surface area contributed by atoms with E-state index in [0.29, 0.717) is 5.75 Å². The predicted octanol–water partition coefficient (Wildman–Crippen LogP) is 4.38. The molecule has 0 aliphatic heterocycles. The van der Waals surface area contributed by atoms with E-state index in [1.54, 1.807) is 30.3 Å². The molecule has 0 atom stereocenters. The molecule has 1 amide bonds. The molecule has 7 heteroatoms. The quantitative estimate of drug-likeness (QED) is 0.904. The van der Waals surface area contributed by atoms with Crippen molar-refractivity contribution in [3.05, 3.63) is 59.1 Å². The van der Waals surface area contributed by atoms with Crippen molar-refractivity contribution in [2.75, 3.05) is 11.9 Å². The fourth-order valence-electron chi connectivity index (χ4n) is 1.71. The molecule has 1 N–H and O–H groups in total. The highest BCUT2D eigenvalue weighted by Gasteiger charge is 2.34. The monoisotopic (exact) mass is 329 g/mol. The third kappa shape index (κ3) is 4.39. The van der Waals surface area contributed by atoms with Gasteiger partial charge in [-0.05, 0) is 30.3 Å². The Hall–Kier alpha value is -2.21. The van der Waals surface area contributed by atoms with Crippen LogP contribution >= 0.6 is 11.6 Å².